The molecule has 0 aliphatic heterocycles. The number of aliphatic hydroxyl groups excluding tert-OH is 1. The van der Waals surface area contributed by atoms with E-state index in [0.29, 0.717) is 0 Å². The molecule has 1 aromatic carbocycles. The third kappa shape index (κ3) is 3.79. The van der Waals surface area contributed by atoms with Gasteiger partial charge in [0.2, 0.25) is 0 Å². The molecule has 0 aliphatic carbocycles. The third-order valence-electron chi connectivity index (χ3n) is 3.14. The standard InChI is InChI=1S/C14H16F2N4O2/c1-20-9(5-6-19-20)7-17-14(22)18-8-12(21)13-10(15)3-2-4-11(13)16/h2-6,12,21H,7-8H2,1H3,(H2,17,18,22). The lowest BCUT2D eigenvalue weighted by Gasteiger charge is -2.14. The number of carbonyl (C=O) groups is 1. The minimum Gasteiger partial charge on any atom is -0.386 e. The Morgan fingerprint density at radius 3 is 2.59 bits per heavy atom. The van der Waals surface area contributed by atoms with Crippen molar-refractivity contribution >= 4 is 6.03 Å². The molecule has 0 saturated heterocycles. The van der Waals surface area contributed by atoms with Gasteiger partial charge < -0.3 is 15.7 Å². The Bertz CT molecular complexity index is 640. The fourth-order valence-electron chi connectivity index (χ4n) is 1.93. The number of aromatic nitrogens is 2. The number of amides is 2. The number of benzene rings is 1. The van der Waals surface area contributed by atoms with Crippen LogP contribution in [0.25, 0.3) is 0 Å². The van der Waals surface area contributed by atoms with Crippen LogP contribution in [0.5, 0.6) is 0 Å². The first-order valence-electron chi connectivity index (χ1n) is 6.59. The average molecular weight is 310 g/mol. The molecule has 2 aromatic rings. The SMILES string of the molecule is Cn1nccc1CNC(=O)NCC(O)c1c(F)cccc1F. The number of aryl methyl sites for hydroxylation is 1. The molecule has 118 valence electrons. The summed E-state index contributed by atoms with van der Waals surface area (Å²) >= 11 is 0. The summed E-state index contributed by atoms with van der Waals surface area (Å²) in [7, 11) is 1.74. The Kier molecular flexibility index (Phi) is 5.05. The van der Waals surface area contributed by atoms with Gasteiger partial charge in [0.25, 0.3) is 0 Å². The van der Waals surface area contributed by atoms with Crippen molar-refractivity contribution in [2.45, 2.75) is 12.6 Å². The first-order chi connectivity index (χ1) is 10.5. The monoisotopic (exact) mass is 310 g/mol. The summed E-state index contributed by atoms with van der Waals surface area (Å²) in [6, 6.07) is 4.48. The fraction of sp³-hybridized carbons (Fsp3) is 0.286. The molecular weight excluding hydrogens is 294 g/mol. The number of nitrogens with one attached hydrogen (secondary N) is 2. The highest BCUT2D eigenvalue weighted by Crippen LogP contribution is 2.19. The summed E-state index contributed by atoms with van der Waals surface area (Å²) < 4.78 is 28.5. The maximum Gasteiger partial charge on any atom is 0.315 e. The van der Waals surface area contributed by atoms with Crippen LogP contribution in [0.15, 0.2) is 30.5 Å². The Balaban J connectivity index is 1.84. The fourth-order valence-corrected chi connectivity index (χ4v) is 1.93. The highest BCUT2D eigenvalue weighted by Gasteiger charge is 2.18. The number of urea groups is 1. The molecule has 0 radical (unpaired) electrons. The van der Waals surface area contributed by atoms with Gasteiger partial charge in [-0.2, -0.15) is 5.10 Å². The Morgan fingerprint density at radius 2 is 2.00 bits per heavy atom. The van der Waals surface area contributed by atoms with Crippen molar-refractivity contribution in [3.05, 3.63) is 53.4 Å². The lowest BCUT2D eigenvalue weighted by molar-refractivity contribution is 0.164. The second-order valence-electron chi connectivity index (χ2n) is 4.66. The first-order valence-corrected chi connectivity index (χ1v) is 6.59. The zero-order valence-corrected chi connectivity index (χ0v) is 11.9. The normalized spacial score (nSPS) is 12.0. The van der Waals surface area contributed by atoms with Crippen LogP contribution in [0.1, 0.15) is 17.4 Å². The van der Waals surface area contributed by atoms with Gasteiger partial charge in [0.1, 0.15) is 17.7 Å². The van der Waals surface area contributed by atoms with Gasteiger partial charge in [-0.3, -0.25) is 4.68 Å². The molecule has 0 aliphatic rings. The molecule has 1 unspecified atom stereocenters. The minimum atomic E-state index is -1.47. The third-order valence-corrected chi connectivity index (χ3v) is 3.14. The van der Waals surface area contributed by atoms with Gasteiger partial charge in [0, 0.05) is 19.8 Å². The van der Waals surface area contributed by atoms with E-state index in [0.717, 1.165) is 17.8 Å². The van der Waals surface area contributed by atoms with E-state index in [1.807, 2.05) is 0 Å². The molecule has 3 N–H and O–H groups in total. The summed E-state index contributed by atoms with van der Waals surface area (Å²) in [4.78, 5) is 11.6. The predicted octanol–water partition coefficient (Wildman–Crippen LogP) is 1.23. The largest absolute Gasteiger partial charge is 0.386 e. The van der Waals surface area contributed by atoms with E-state index >= 15 is 0 Å². The van der Waals surface area contributed by atoms with E-state index < -0.39 is 29.3 Å². The van der Waals surface area contributed by atoms with E-state index in [9.17, 15) is 18.7 Å². The van der Waals surface area contributed by atoms with E-state index in [-0.39, 0.29) is 13.1 Å². The lowest BCUT2D eigenvalue weighted by Crippen LogP contribution is -2.38. The summed E-state index contributed by atoms with van der Waals surface area (Å²) in [5, 5.41) is 18.6. The van der Waals surface area contributed by atoms with E-state index in [1.54, 1.807) is 24.0 Å². The van der Waals surface area contributed by atoms with Gasteiger partial charge in [-0.25, -0.2) is 13.6 Å². The maximum absolute atomic E-state index is 13.5. The van der Waals surface area contributed by atoms with Crippen molar-refractivity contribution in [3.63, 3.8) is 0 Å². The number of carbonyl (C=O) groups excluding carboxylic acids is 1. The molecule has 2 rings (SSSR count). The average Bonchev–Trinajstić information content (AvgIpc) is 2.88. The van der Waals surface area contributed by atoms with Gasteiger partial charge in [-0.1, -0.05) is 6.07 Å². The number of rotatable bonds is 5. The second-order valence-corrected chi connectivity index (χ2v) is 4.66. The molecule has 0 fully saturated rings. The molecule has 2 amide bonds. The van der Waals surface area contributed by atoms with Crippen molar-refractivity contribution in [1.82, 2.24) is 20.4 Å². The number of hydrogen-bond donors (Lipinski definition) is 3. The molecule has 0 spiro atoms. The minimum absolute atomic E-state index is 0.243. The van der Waals surface area contributed by atoms with Gasteiger partial charge in [0.05, 0.1) is 17.8 Å². The lowest BCUT2D eigenvalue weighted by atomic mass is 10.1. The molecule has 0 bridgehead atoms. The maximum atomic E-state index is 13.5. The van der Waals surface area contributed by atoms with Crippen molar-refractivity contribution < 1.29 is 18.7 Å². The number of hydrogen-bond acceptors (Lipinski definition) is 3. The Hall–Kier alpha value is -2.48. The molecule has 8 heteroatoms. The molecule has 6 nitrogen and oxygen atoms in total. The quantitative estimate of drug-likeness (QED) is 0.777. The highest BCUT2D eigenvalue weighted by atomic mass is 19.1. The van der Waals surface area contributed by atoms with Crippen LogP contribution in [0.3, 0.4) is 0 Å². The summed E-state index contributed by atoms with van der Waals surface area (Å²) in [6.45, 7) is -0.0679. The summed E-state index contributed by atoms with van der Waals surface area (Å²) in [6.07, 6.45) is 0.128. The topological polar surface area (TPSA) is 79.2 Å². The zero-order valence-electron chi connectivity index (χ0n) is 11.9. The van der Waals surface area contributed by atoms with Gasteiger partial charge in [0.15, 0.2) is 0 Å². The predicted molar refractivity (Wildman–Crippen MR) is 74.8 cm³/mol. The second kappa shape index (κ2) is 6.99. The van der Waals surface area contributed by atoms with E-state index in [1.165, 1.54) is 6.07 Å². The van der Waals surface area contributed by atoms with E-state index in [2.05, 4.69) is 15.7 Å². The van der Waals surface area contributed by atoms with Crippen LogP contribution in [0, 0.1) is 11.6 Å². The smallest absolute Gasteiger partial charge is 0.315 e. The van der Waals surface area contributed by atoms with Crippen LogP contribution in [0.2, 0.25) is 0 Å². The molecule has 1 aromatic heterocycles. The summed E-state index contributed by atoms with van der Waals surface area (Å²) in [5.74, 6) is -1.71. The number of aliphatic hydroxyl groups is 1. The van der Waals surface area contributed by atoms with Gasteiger partial charge in [-0.05, 0) is 18.2 Å². The van der Waals surface area contributed by atoms with Crippen molar-refractivity contribution in [2.75, 3.05) is 6.54 Å². The van der Waals surface area contributed by atoms with Gasteiger partial charge in [-0.15, -0.1) is 0 Å². The molecule has 0 saturated carbocycles. The number of halogens is 2. The highest BCUT2D eigenvalue weighted by molar-refractivity contribution is 5.73. The van der Waals surface area contributed by atoms with Crippen molar-refractivity contribution in [1.29, 1.82) is 0 Å². The molecular formula is C14H16F2N4O2. The van der Waals surface area contributed by atoms with Crippen LogP contribution < -0.4 is 10.6 Å². The zero-order chi connectivity index (χ0) is 16.1. The number of nitrogens with zero attached hydrogens (tertiary/aromatic N) is 2. The van der Waals surface area contributed by atoms with E-state index in [4.69, 9.17) is 0 Å². The molecule has 22 heavy (non-hydrogen) atoms. The van der Waals surface area contributed by atoms with Gasteiger partial charge >= 0.3 is 6.03 Å². The van der Waals surface area contributed by atoms with Crippen molar-refractivity contribution in [2.24, 2.45) is 7.05 Å². The Morgan fingerprint density at radius 1 is 1.32 bits per heavy atom. The molecule has 1 atom stereocenters. The van der Waals surface area contributed by atoms with Crippen LogP contribution >= 0.6 is 0 Å². The first kappa shape index (κ1) is 15.9. The Labute approximate surface area is 125 Å². The molecule has 1 heterocycles. The van der Waals surface area contributed by atoms with Crippen LogP contribution in [-0.2, 0) is 13.6 Å². The van der Waals surface area contributed by atoms with Crippen LogP contribution in [-0.4, -0.2) is 27.5 Å². The van der Waals surface area contributed by atoms with Crippen molar-refractivity contribution in [3.8, 4) is 0 Å². The van der Waals surface area contributed by atoms with Crippen LogP contribution in [0.4, 0.5) is 13.6 Å². The summed E-state index contributed by atoms with van der Waals surface area (Å²) in [5.41, 5.74) is 0.324.